The number of aromatic nitrogens is 4. The number of rotatable bonds is 4. The standard InChI is InChI=1S/C19H21N5O2S/c25-16(23-10-6-1-2-7-11-23)13-27-19-21-17-15(18(26)22-19)12-20-24(17)14-8-4-3-5-9-14/h3-5,8-9,12H,1-2,6-7,10-11,13H2,(H,21,22,26). The Morgan fingerprint density at radius 1 is 1.11 bits per heavy atom. The lowest BCUT2D eigenvalue weighted by Gasteiger charge is -2.19. The van der Waals surface area contributed by atoms with Crippen LogP contribution in [0.5, 0.6) is 0 Å². The van der Waals surface area contributed by atoms with Crippen LogP contribution >= 0.6 is 11.8 Å². The number of H-pyrrole nitrogens is 1. The van der Waals surface area contributed by atoms with Gasteiger partial charge in [-0.15, -0.1) is 0 Å². The average molecular weight is 383 g/mol. The monoisotopic (exact) mass is 383 g/mol. The van der Waals surface area contributed by atoms with Gasteiger partial charge in [0, 0.05) is 13.1 Å². The van der Waals surface area contributed by atoms with Crippen LogP contribution in [-0.4, -0.2) is 49.4 Å². The fourth-order valence-corrected chi connectivity index (χ4v) is 4.02. The van der Waals surface area contributed by atoms with Gasteiger partial charge in [-0.05, 0) is 25.0 Å². The van der Waals surface area contributed by atoms with Gasteiger partial charge in [-0.1, -0.05) is 42.8 Å². The maximum Gasteiger partial charge on any atom is 0.262 e. The first-order chi connectivity index (χ1) is 13.2. The zero-order chi connectivity index (χ0) is 18.6. The highest BCUT2D eigenvalue weighted by Gasteiger charge is 2.17. The molecule has 1 aliphatic rings. The van der Waals surface area contributed by atoms with Crippen LogP contribution in [0.2, 0.25) is 0 Å². The molecule has 0 radical (unpaired) electrons. The van der Waals surface area contributed by atoms with Crippen LogP contribution in [0, 0.1) is 0 Å². The van der Waals surface area contributed by atoms with Crippen molar-refractivity contribution < 1.29 is 4.79 Å². The van der Waals surface area contributed by atoms with E-state index in [0.717, 1.165) is 31.6 Å². The van der Waals surface area contributed by atoms with Gasteiger partial charge in [0.15, 0.2) is 10.8 Å². The Morgan fingerprint density at radius 3 is 2.59 bits per heavy atom. The number of nitrogens with zero attached hydrogens (tertiary/aromatic N) is 4. The number of hydrogen-bond acceptors (Lipinski definition) is 5. The van der Waals surface area contributed by atoms with E-state index >= 15 is 0 Å². The zero-order valence-electron chi connectivity index (χ0n) is 14.9. The molecule has 1 fully saturated rings. The van der Waals surface area contributed by atoms with Crippen LogP contribution in [-0.2, 0) is 4.79 Å². The van der Waals surface area contributed by atoms with Gasteiger partial charge in [-0.25, -0.2) is 9.67 Å². The molecule has 4 rings (SSSR count). The van der Waals surface area contributed by atoms with E-state index in [9.17, 15) is 9.59 Å². The van der Waals surface area contributed by atoms with Gasteiger partial charge in [0.2, 0.25) is 5.91 Å². The average Bonchev–Trinajstić information content (AvgIpc) is 2.93. The van der Waals surface area contributed by atoms with Crippen molar-refractivity contribution in [2.24, 2.45) is 0 Å². The van der Waals surface area contributed by atoms with Crippen molar-refractivity contribution in [1.82, 2.24) is 24.6 Å². The molecule has 1 aliphatic heterocycles. The molecule has 0 aliphatic carbocycles. The second-order valence-electron chi connectivity index (χ2n) is 6.58. The number of thioether (sulfide) groups is 1. The molecule has 0 saturated carbocycles. The van der Waals surface area contributed by atoms with Gasteiger partial charge in [-0.2, -0.15) is 5.10 Å². The summed E-state index contributed by atoms with van der Waals surface area (Å²) in [5.41, 5.74) is 1.09. The predicted molar refractivity (Wildman–Crippen MR) is 105 cm³/mol. The summed E-state index contributed by atoms with van der Waals surface area (Å²) in [4.78, 5) is 34.1. The second kappa shape index (κ2) is 7.96. The number of hydrogen-bond donors (Lipinski definition) is 1. The van der Waals surface area contributed by atoms with Crippen molar-refractivity contribution in [3.8, 4) is 5.69 Å². The molecule has 27 heavy (non-hydrogen) atoms. The molecule has 8 heteroatoms. The molecule has 0 spiro atoms. The van der Waals surface area contributed by atoms with Crippen molar-refractivity contribution in [3.63, 3.8) is 0 Å². The third kappa shape index (κ3) is 3.90. The van der Waals surface area contributed by atoms with E-state index in [0.29, 0.717) is 16.2 Å². The summed E-state index contributed by atoms with van der Waals surface area (Å²) in [5.74, 6) is 0.370. The van der Waals surface area contributed by atoms with Crippen molar-refractivity contribution in [3.05, 3.63) is 46.9 Å². The molecule has 7 nitrogen and oxygen atoms in total. The van der Waals surface area contributed by atoms with E-state index < -0.39 is 0 Å². The van der Waals surface area contributed by atoms with E-state index in [1.807, 2.05) is 35.2 Å². The van der Waals surface area contributed by atoms with Gasteiger partial charge in [0.05, 0.1) is 17.6 Å². The number of carbonyl (C=O) groups is 1. The van der Waals surface area contributed by atoms with Crippen molar-refractivity contribution in [1.29, 1.82) is 0 Å². The normalized spacial score (nSPS) is 15.0. The highest BCUT2D eigenvalue weighted by Crippen LogP contribution is 2.19. The van der Waals surface area contributed by atoms with Crippen LogP contribution in [0.15, 0.2) is 46.5 Å². The summed E-state index contributed by atoms with van der Waals surface area (Å²) in [6.45, 7) is 1.65. The van der Waals surface area contributed by atoms with Crippen LogP contribution < -0.4 is 5.56 Å². The molecule has 1 saturated heterocycles. The molecule has 0 atom stereocenters. The summed E-state index contributed by atoms with van der Waals surface area (Å²) >= 11 is 1.27. The minimum atomic E-state index is -0.244. The zero-order valence-corrected chi connectivity index (χ0v) is 15.7. The van der Waals surface area contributed by atoms with Gasteiger partial charge >= 0.3 is 0 Å². The molecule has 1 N–H and O–H groups in total. The first-order valence-electron chi connectivity index (χ1n) is 9.16. The van der Waals surface area contributed by atoms with Gasteiger partial charge < -0.3 is 9.88 Å². The highest BCUT2D eigenvalue weighted by molar-refractivity contribution is 7.99. The van der Waals surface area contributed by atoms with Gasteiger partial charge in [0.25, 0.3) is 5.56 Å². The number of aromatic amines is 1. The molecule has 0 unspecified atom stereocenters. The number of amides is 1. The molecule has 0 bridgehead atoms. The predicted octanol–water partition coefficient (Wildman–Crippen LogP) is 2.60. The summed E-state index contributed by atoms with van der Waals surface area (Å²) in [6, 6.07) is 9.55. The highest BCUT2D eigenvalue weighted by atomic mass is 32.2. The van der Waals surface area contributed by atoms with Gasteiger partial charge in [0.1, 0.15) is 5.39 Å². The number of benzene rings is 1. The number of carbonyl (C=O) groups excluding carboxylic acids is 1. The summed E-state index contributed by atoms with van der Waals surface area (Å²) in [7, 11) is 0. The molecule has 140 valence electrons. The van der Waals surface area contributed by atoms with Gasteiger partial charge in [-0.3, -0.25) is 9.59 Å². The third-order valence-electron chi connectivity index (χ3n) is 4.71. The maximum atomic E-state index is 12.5. The van der Waals surface area contributed by atoms with Crippen LogP contribution in [0.4, 0.5) is 0 Å². The fraction of sp³-hybridized carbons (Fsp3) is 0.368. The smallest absolute Gasteiger partial charge is 0.262 e. The Labute approximate surface area is 160 Å². The first kappa shape index (κ1) is 17.8. The molecular formula is C19H21N5O2S. The third-order valence-corrected chi connectivity index (χ3v) is 5.57. The Kier molecular flexibility index (Phi) is 5.24. The lowest BCUT2D eigenvalue weighted by molar-refractivity contribution is -0.128. The minimum Gasteiger partial charge on any atom is -0.342 e. The second-order valence-corrected chi connectivity index (χ2v) is 7.55. The van der Waals surface area contributed by atoms with E-state index in [2.05, 4.69) is 15.1 Å². The maximum absolute atomic E-state index is 12.5. The summed E-state index contributed by atoms with van der Waals surface area (Å²) in [5, 5.41) is 5.17. The fourth-order valence-electron chi connectivity index (χ4n) is 3.27. The quantitative estimate of drug-likeness (QED) is 0.553. The van der Waals surface area contributed by atoms with Crippen molar-refractivity contribution in [2.75, 3.05) is 18.8 Å². The largest absolute Gasteiger partial charge is 0.342 e. The number of nitrogens with one attached hydrogen (secondary N) is 1. The van der Waals surface area contributed by atoms with E-state index in [1.165, 1.54) is 30.8 Å². The summed E-state index contributed by atoms with van der Waals surface area (Å²) in [6.07, 6.45) is 6.02. The lowest BCUT2D eigenvalue weighted by Crippen LogP contribution is -2.33. The Morgan fingerprint density at radius 2 is 1.85 bits per heavy atom. The lowest BCUT2D eigenvalue weighted by atomic mass is 10.2. The van der Waals surface area contributed by atoms with Crippen molar-refractivity contribution in [2.45, 2.75) is 30.8 Å². The molecular weight excluding hydrogens is 362 g/mol. The van der Waals surface area contributed by atoms with E-state index in [4.69, 9.17) is 0 Å². The SMILES string of the molecule is O=C(CSc1nc2c(cnn2-c2ccccc2)c(=O)[nH]1)N1CCCCCC1. The van der Waals surface area contributed by atoms with Crippen LogP contribution in [0.25, 0.3) is 16.7 Å². The molecule has 1 amide bonds. The minimum absolute atomic E-state index is 0.0983. The molecule has 3 aromatic rings. The number of likely N-dealkylation sites (tertiary alicyclic amines) is 1. The summed E-state index contributed by atoms with van der Waals surface area (Å²) < 4.78 is 1.64. The van der Waals surface area contributed by atoms with Crippen LogP contribution in [0.3, 0.4) is 0 Å². The number of para-hydroxylation sites is 1. The molecule has 1 aromatic carbocycles. The van der Waals surface area contributed by atoms with Crippen LogP contribution in [0.1, 0.15) is 25.7 Å². The van der Waals surface area contributed by atoms with E-state index in [-0.39, 0.29) is 17.2 Å². The van der Waals surface area contributed by atoms with E-state index in [1.54, 1.807) is 4.68 Å². The Bertz CT molecular complexity index is 990. The topological polar surface area (TPSA) is 83.9 Å². The Balaban J connectivity index is 1.55. The molecule has 2 aromatic heterocycles. The van der Waals surface area contributed by atoms with Crippen molar-refractivity contribution >= 4 is 28.7 Å². The first-order valence-corrected chi connectivity index (χ1v) is 10.1. The Hall–Kier alpha value is -2.61. The number of fused-ring (bicyclic) bond motifs is 1. The molecule has 3 heterocycles.